The highest BCUT2D eigenvalue weighted by Gasteiger charge is 2.18. The molecule has 1 aliphatic heterocycles. The molecular weight excluding hydrogens is 222 g/mol. The normalized spacial score (nSPS) is 21.4. The van der Waals surface area contributed by atoms with Crippen molar-refractivity contribution in [3.63, 3.8) is 0 Å². The van der Waals surface area contributed by atoms with Crippen LogP contribution >= 0.6 is 11.6 Å². The molecule has 3 heterocycles. The van der Waals surface area contributed by atoms with Gasteiger partial charge in [-0.15, -0.1) is 0 Å². The van der Waals surface area contributed by atoms with E-state index in [0.29, 0.717) is 11.1 Å². The van der Waals surface area contributed by atoms with Crippen molar-refractivity contribution in [1.29, 1.82) is 0 Å². The van der Waals surface area contributed by atoms with Crippen LogP contribution in [0.5, 0.6) is 0 Å². The SMILES string of the molecule is Clc1ccc2c([C@@H]3CCCNC3)c[nH]c2n1. The summed E-state index contributed by atoms with van der Waals surface area (Å²) in [6.07, 6.45) is 4.58. The molecule has 1 atom stereocenters. The number of fused-ring (bicyclic) bond motifs is 1. The van der Waals surface area contributed by atoms with Crippen molar-refractivity contribution in [1.82, 2.24) is 15.3 Å². The zero-order chi connectivity index (χ0) is 11.0. The molecule has 1 aliphatic rings. The lowest BCUT2D eigenvalue weighted by molar-refractivity contribution is 0.463. The van der Waals surface area contributed by atoms with E-state index in [1.807, 2.05) is 6.07 Å². The Bertz CT molecular complexity index is 500. The van der Waals surface area contributed by atoms with Crippen molar-refractivity contribution in [2.45, 2.75) is 18.8 Å². The number of hydrogen-bond acceptors (Lipinski definition) is 2. The van der Waals surface area contributed by atoms with Gasteiger partial charge in [0.2, 0.25) is 0 Å². The fraction of sp³-hybridized carbons (Fsp3) is 0.417. The first kappa shape index (κ1) is 10.1. The lowest BCUT2D eigenvalue weighted by atomic mass is 9.92. The van der Waals surface area contributed by atoms with Crippen LogP contribution in [-0.2, 0) is 0 Å². The summed E-state index contributed by atoms with van der Waals surface area (Å²) in [5, 5.41) is 5.19. The first-order valence-corrected chi connectivity index (χ1v) is 6.06. The Morgan fingerprint density at radius 3 is 3.12 bits per heavy atom. The molecule has 0 radical (unpaired) electrons. The van der Waals surface area contributed by atoms with Crippen LogP contribution in [0.15, 0.2) is 18.3 Å². The molecule has 0 spiro atoms. The Labute approximate surface area is 99.2 Å². The van der Waals surface area contributed by atoms with Gasteiger partial charge in [0.05, 0.1) is 0 Å². The molecule has 0 unspecified atom stereocenters. The molecule has 84 valence electrons. The fourth-order valence-corrected chi connectivity index (χ4v) is 2.60. The molecule has 2 N–H and O–H groups in total. The molecule has 16 heavy (non-hydrogen) atoms. The lowest BCUT2D eigenvalue weighted by Crippen LogP contribution is -2.28. The molecule has 4 heteroatoms. The number of rotatable bonds is 1. The second kappa shape index (κ2) is 4.07. The number of piperidine rings is 1. The van der Waals surface area contributed by atoms with E-state index in [1.165, 1.54) is 23.8 Å². The largest absolute Gasteiger partial charge is 0.346 e. The van der Waals surface area contributed by atoms with Crippen molar-refractivity contribution in [3.05, 3.63) is 29.0 Å². The lowest BCUT2D eigenvalue weighted by Gasteiger charge is -2.22. The first-order chi connectivity index (χ1) is 7.84. The van der Waals surface area contributed by atoms with E-state index in [9.17, 15) is 0 Å². The topological polar surface area (TPSA) is 40.7 Å². The maximum Gasteiger partial charge on any atom is 0.139 e. The third kappa shape index (κ3) is 1.70. The van der Waals surface area contributed by atoms with Crippen LogP contribution in [0.1, 0.15) is 24.3 Å². The second-order valence-corrected chi connectivity index (χ2v) is 4.70. The maximum absolute atomic E-state index is 5.87. The number of pyridine rings is 1. The summed E-state index contributed by atoms with van der Waals surface area (Å²) in [6.45, 7) is 2.21. The summed E-state index contributed by atoms with van der Waals surface area (Å²) < 4.78 is 0. The minimum Gasteiger partial charge on any atom is -0.346 e. The average molecular weight is 236 g/mol. The highest BCUT2D eigenvalue weighted by Crippen LogP contribution is 2.29. The molecule has 3 nitrogen and oxygen atoms in total. The van der Waals surface area contributed by atoms with Gasteiger partial charge in [0.25, 0.3) is 0 Å². The second-order valence-electron chi connectivity index (χ2n) is 4.32. The van der Waals surface area contributed by atoms with Crippen LogP contribution in [0.4, 0.5) is 0 Å². The molecule has 0 aromatic carbocycles. The number of aromatic nitrogens is 2. The predicted octanol–water partition coefficient (Wildman–Crippen LogP) is 2.68. The summed E-state index contributed by atoms with van der Waals surface area (Å²) in [5.41, 5.74) is 2.26. The van der Waals surface area contributed by atoms with Crippen molar-refractivity contribution in [2.24, 2.45) is 0 Å². The highest BCUT2D eigenvalue weighted by atomic mass is 35.5. The van der Waals surface area contributed by atoms with Crippen molar-refractivity contribution < 1.29 is 0 Å². The number of aromatic amines is 1. The van der Waals surface area contributed by atoms with Gasteiger partial charge in [-0.25, -0.2) is 4.98 Å². The van der Waals surface area contributed by atoms with Crippen LogP contribution < -0.4 is 5.32 Å². The summed E-state index contributed by atoms with van der Waals surface area (Å²) in [5.74, 6) is 0.602. The van der Waals surface area contributed by atoms with Gasteiger partial charge in [-0.1, -0.05) is 11.6 Å². The Morgan fingerprint density at radius 1 is 1.38 bits per heavy atom. The standard InChI is InChI=1S/C12H14ClN3/c13-11-4-3-9-10(7-15-12(9)16-11)8-2-1-5-14-6-8/h3-4,7-8,14H,1-2,5-6H2,(H,15,16)/t8-/m1/s1. The van der Waals surface area contributed by atoms with Crippen molar-refractivity contribution in [3.8, 4) is 0 Å². The molecule has 0 aliphatic carbocycles. The van der Waals surface area contributed by atoms with Gasteiger partial charge in [-0.05, 0) is 43.0 Å². The number of halogens is 1. The van der Waals surface area contributed by atoms with E-state index in [4.69, 9.17) is 11.6 Å². The molecule has 0 saturated carbocycles. The van der Waals surface area contributed by atoms with E-state index in [1.54, 1.807) is 0 Å². The molecule has 2 aromatic heterocycles. The van der Waals surface area contributed by atoms with Gasteiger partial charge in [0.1, 0.15) is 10.8 Å². The minimum atomic E-state index is 0.544. The van der Waals surface area contributed by atoms with Crippen molar-refractivity contribution >= 4 is 22.6 Å². The van der Waals surface area contributed by atoms with Crippen LogP contribution in [0.3, 0.4) is 0 Å². The number of H-pyrrole nitrogens is 1. The first-order valence-electron chi connectivity index (χ1n) is 5.69. The smallest absolute Gasteiger partial charge is 0.139 e. The zero-order valence-electron chi connectivity index (χ0n) is 8.96. The van der Waals surface area contributed by atoms with Gasteiger partial charge in [0, 0.05) is 18.1 Å². The molecule has 1 fully saturated rings. The molecule has 0 bridgehead atoms. The van der Waals surface area contributed by atoms with Crippen LogP contribution in [0.2, 0.25) is 5.15 Å². The Morgan fingerprint density at radius 2 is 2.31 bits per heavy atom. The molecule has 1 saturated heterocycles. The summed E-state index contributed by atoms with van der Waals surface area (Å²) in [7, 11) is 0. The van der Waals surface area contributed by atoms with E-state index in [2.05, 4.69) is 27.5 Å². The zero-order valence-corrected chi connectivity index (χ0v) is 9.72. The van der Waals surface area contributed by atoms with E-state index in [-0.39, 0.29) is 0 Å². The minimum absolute atomic E-state index is 0.544. The average Bonchev–Trinajstić information content (AvgIpc) is 2.73. The highest BCUT2D eigenvalue weighted by molar-refractivity contribution is 6.29. The van der Waals surface area contributed by atoms with Crippen LogP contribution in [0, 0.1) is 0 Å². The number of nitrogens with zero attached hydrogens (tertiary/aromatic N) is 1. The summed E-state index contributed by atoms with van der Waals surface area (Å²) in [6, 6.07) is 3.92. The number of nitrogens with one attached hydrogen (secondary N) is 2. The molecule has 3 rings (SSSR count). The third-order valence-corrected chi connectivity index (χ3v) is 3.48. The molecule has 2 aromatic rings. The van der Waals surface area contributed by atoms with Gasteiger partial charge < -0.3 is 10.3 Å². The predicted molar refractivity (Wildman–Crippen MR) is 65.9 cm³/mol. The Kier molecular flexibility index (Phi) is 2.58. The quantitative estimate of drug-likeness (QED) is 0.747. The Hall–Kier alpha value is -1.06. The number of hydrogen-bond donors (Lipinski definition) is 2. The maximum atomic E-state index is 5.87. The van der Waals surface area contributed by atoms with E-state index >= 15 is 0 Å². The Balaban J connectivity index is 2.03. The van der Waals surface area contributed by atoms with Gasteiger partial charge >= 0.3 is 0 Å². The van der Waals surface area contributed by atoms with Crippen LogP contribution in [0.25, 0.3) is 11.0 Å². The van der Waals surface area contributed by atoms with Crippen molar-refractivity contribution in [2.75, 3.05) is 13.1 Å². The monoisotopic (exact) mass is 235 g/mol. The summed E-state index contributed by atoms with van der Waals surface area (Å²) in [4.78, 5) is 7.48. The third-order valence-electron chi connectivity index (χ3n) is 3.27. The summed E-state index contributed by atoms with van der Waals surface area (Å²) >= 11 is 5.87. The molecular formula is C12H14ClN3. The van der Waals surface area contributed by atoms with Crippen LogP contribution in [-0.4, -0.2) is 23.1 Å². The molecule has 0 amide bonds. The van der Waals surface area contributed by atoms with Gasteiger partial charge in [0.15, 0.2) is 0 Å². The van der Waals surface area contributed by atoms with E-state index in [0.717, 1.165) is 18.7 Å². The fourth-order valence-electron chi connectivity index (χ4n) is 2.46. The van der Waals surface area contributed by atoms with Gasteiger partial charge in [-0.2, -0.15) is 0 Å². The van der Waals surface area contributed by atoms with E-state index < -0.39 is 0 Å². The van der Waals surface area contributed by atoms with Gasteiger partial charge in [-0.3, -0.25) is 0 Å².